The van der Waals surface area contributed by atoms with Gasteiger partial charge >= 0.3 is 14.9 Å². The van der Waals surface area contributed by atoms with Crippen molar-refractivity contribution >= 4 is 14.9 Å². The molecule has 10 nitrogen and oxygen atoms in total. The van der Waals surface area contributed by atoms with E-state index in [1.165, 1.54) is 7.11 Å². The zero-order valence-electron chi connectivity index (χ0n) is 19.9. The molecule has 0 aliphatic heterocycles. The third-order valence-corrected chi connectivity index (χ3v) is 7.40. The number of hydrogen-bond acceptors (Lipinski definition) is 9. The van der Waals surface area contributed by atoms with E-state index in [0.717, 1.165) is 0 Å². The van der Waals surface area contributed by atoms with Gasteiger partial charge in [-0.25, -0.2) is 4.79 Å². The third-order valence-electron chi connectivity index (χ3n) is 3.92. The molecular weight excluding hydrogens is 414 g/mol. The molecule has 1 amide bonds. The Morgan fingerprint density at radius 1 is 0.767 bits per heavy atom. The third kappa shape index (κ3) is 11.0. The molecule has 0 aliphatic carbocycles. The molecule has 30 heavy (non-hydrogen) atoms. The van der Waals surface area contributed by atoms with Crippen LogP contribution in [-0.2, 0) is 37.0 Å². The molecule has 0 saturated heterocycles. The molecule has 5 unspecified atom stereocenters. The Labute approximate surface area is 182 Å². The highest BCUT2D eigenvalue weighted by Gasteiger charge is 2.49. The summed E-state index contributed by atoms with van der Waals surface area (Å²) in [5.74, 6) is 0. The quantitative estimate of drug-likeness (QED) is 0.262. The van der Waals surface area contributed by atoms with Crippen LogP contribution in [-0.4, -0.2) is 72.7 Å². The Bertz CT molecular complexity index is 441. The van der Waals surface area contributed by atoms with E-state index in [1.54, 1.807) is 27.7 Å². The molecule has 0 aromatic rings. The van der Waals surface area contributed by atoms with E-state index < -0.39 is 45.7 Å². The van der Waals surface area contributed by atoms with Gasteiger partial charge in [-0.05, 0) is 54.9 Å². The molecule has 0 radical (unpaired) electrons. The van der Waals surface area contributed by atoms with Crippen molar-refractivity contribution in [1.29, 1.82) is 0 Å². The Hall–Kier alpha value is -0.793. The first-order valence-corrected chi connectivity index (χ1v) is 12.4. The highest BCUT2D eigenvalue weighted by molar-refractivity contribution is 6.62. The summed E-state index contributed by atoms with van der Waals surface area (Å²) in [4.78, 5) is 12.4. The number of rotatable bonds is 17. The molecular formula is C19H41NO9Si. The summed E-state index contributed by atoms with van der Waals surface area (Å²) in [7, 11) is -1.58. The molecule has 0 aromatic carbocycles. The molecule has 0 aliphatic rings. The fourth-order valence-corrected chi connectivity index (χ4v) is 5.61. The van der Waals surface area contributed by atoms with Gasteiger partial charge in [-0.2, -0.15) is 0 Å². The van der Waals surface area contributed by atoms with Crippen molar-refractivity contribution in [1.82, 2.24) is 5.32 Å². The zero-order valence-corrected chi connectivity index (χ0v) is 20.9. The van der Waals surface area contributed by atoms with Crippen LogP contribution >= 0.6 is 0 Å². The van der Waals surface area contributed by atoms with Crippen molar-refractivity contribution in [3.63, 3.8) is 0 Å². The van der Waals surface area contributed by atoms with Crippen molar-refractivity contribution in [3.05, 3.63) is 0 Å². The summed E-state index contributed by atoms with van der Waals surface area (Å²) in [6.45, 7) is 15.5. The normalized spacial score (nSPS) is 17.1. The maximum atomic E-state index is 12.4. The van der Waals surface area contributed by atoms with E-state index in [1.807, 2.05) is 27.7 Å². The van der Waals surface area contributed by atoms with Crippen LogP contribution in [0, 0.1) is 0 Å². The molecule has 0 aromatic heterocycles. The van der Waals surface area contributed by atoms with Crippen LogP contribution in [0.5, 0.6) is 0 Å². The van der Waals surface area contributed by atoms with Crippen LogP contribution in [0.1, 0.15) is 61.8 Å². The van der Waals surface area contributed by atoms with Gasteiger partial charge in [0.15, 0.2) is 18.9 Å². The number of hydrogen-bond donors (Lipinski definition) is 1. The van der Waals surface area contributed by atoms with E-state index in [2.05, 4.69) is 5.32 Å². The van der Waals surface area contributed by atoms with E-state index in [0.29, 0.717) is 26.2 Å². The predicted octanol–water partition coefficient (Wildman–Crippen LogP) is 3.16. The molecule has 180 valence electrons. The number of carbonyl (C=O) groups is 1. The van der Waals surface area contributed by atoms with Crippen LogP contribution in [0.25, 0.3) is 0 Å². The zero-order chi connectivity index (χ0) is 23.2. The second-order valence-corrected chi connectivity index (χ2v) is 9.10. The number of carbonyl (C=O) groups excluding carboxylic acids is 1. The monoisotopic (exact) mass is 455 g/mol. The van der Waals surface area contributed by atoms with Gasteiger partial charge in [-0.3, -0.25) is 0 Å². The number of nitrogens with one attached hydrogen (secondary N) is 1. The molecule has 0 rings (SSSR count). The largest absolute Gasteiger partial charge is 0.524 e. The number of amides is 1. The first kappa shape index (κ1) is 29.2. The van der Waals surface area contributed by atoms with Crippen molar-refractivity contribution in [3.8, 4) is 0 Å². The maximum absolute atomic E-state index is 12.4. The summed E-state index contributed by atoms with van der Waals surface area (Å²) in [6, 6.07) is 0. The summed E-state index contributed by atoms with van der Waals surface area (Å²) in [5, 5.41) is 2.80. The average molecular weight is 456 g/mol. The van der Waals surface area contributed by atoms with Gasteiger partial charge in [0, 0.05) is 26.9 Å². The molecule has 0 heterocycles. The standard InChI is InChI=1S/C19H41NO9Si/c1-10-18(30(23-11-2,24-12-3)25-13-4)20-19(21)29-17(8)28-16(7)27-15(6)26-14(5)22-9/h14-18H,10-13H2,1-9H3,(H,20,21). The van der Waals surface area contributed by atoms with Gasteiger partial charge in [-0.1, -0.05) is 6.92 Å². The first-order valence-electron chi connectivity index (χ1n) is 10.6. The molecule has 0 fully saturated rings. The SMILES string of the molecule is CCO[Si](OCC)(OCC)C(CC)NC(=O)OC(C)OC(C)OC(C)OC(C)OC. The summed E-state index contributed by atoms with van der Waals surface area (Å²) in [6.07, 6.45) is -2.60. The summed E-state index contributed by atoms with van der Waals surface area (Å²) >= 11 is 0. The predicted molar refractivity (Wildman–Crippen MR) is 112 cm³/mol. The minimum absolute atomic E-state index is 0.412. The molecule has 1 N–H and O–H groups in total. The Kier molecular flexibility index (Phi) is 15.5. The van der Waals surface area contributed by atoms with Crippen LogP contribution in [0.4, 0.5) is 4.79 Å². The minimum Gasteiger partial charge on any atom is -0.420 e. The Morgan fingerprint density at radius 3 is 1.60 bits per heavy atom. The summed E-state index contributed by atoms with van der Waals surface area (Å²) < 4.78 is 44.4. The Morgan fingerprint density at radius 2 is 1.20 bits per heavy atom. The minimum atomic E-state index is -3.12. The van der Waals surface area contributed by atoms with E-state index in [9.17, 15) is 4.79 Å². The number of ether oxygens (including phenoxy) is 5. The van der Waals surface area contributed by atoms with Gasteiger partial charge in [0.25, 0.3) is 0 Å². The number of methoxy groups -OCH3 is 1. The lowest BCUT2D eigenvalue weighted by Crippen LogP contribution is -2.63. The lowest BCUT2D eigenvalue weighted by Gasteiger charge is -2.35. The highest BCUT2D eigenvalue weighted by Crippen LogP contribution is 2.18. The van der Waals surface area contributed by atoms with Gasteiger partial charge in [0.2, 0.25) is 6.29 Å². The van der Waals surface area contributed by atoms with Crippen molar-refractivity contribution < 1.29 is 41.8 Å². The van der Waals surface area contributed by atoms with Crippen molar-refractivity contribution in [2.75, 3.05) is 26.9 Å². The fourth-order valence-electron chi connectivity index (χ4n) is 2.75. The maximum Gasteiger partial charge on any atom is 0.524 e. The molecule has 11 heteroatoms. The van der Waals surface area contributed by atoms with Gasteiger partial charge in [-0.15, -0.1) is 0 Å². The van der Waals surface area contributed by atoms with Gasteiger partial charge in [0.05, 0.1) is 0 Å². The molecule has 0 spiro atoms. The van der Waals surface area contributed by atoms with Crippen LogP contribution < -0.4 is 5.32 Å². The first-order chi connectivity index (χ1) is 14.2. The van der Waals surface area contributed by atoms with Crippen LogP contribution in [0.3, 0.4) is 0 Å². The van der Waals surface area contributed by atoms with E-state index >= 15 is 0 Å². The van der Waals surface area contributed by atoms with Crippen molar-refractivity contribution in [2.45, 2.75) is 92.6 Å². The van der Waals surface area contributed by atoms with Gasteiger partial charge in [0.1, 0.15) is 5.67 Å². The lowest BCUT2D eigenvalue weighted by atomic mass is 10.5. The van der Waals surface area contributed by atoms with Gasteiger partial charge < -0.3 is 42.3 Å². The highest BCUT2D eigenvalue weighted by atomic mass is 28.4. The van der Waals surface area contributed by atoms with Crippen LogP contribution in [0.15, 0.2) is 0 Å². The summed E-state index contributed by atoms with van der Waals surface area (Å²) in [5.41, 5.74) is -0.449. The van der Waals surface area contributed by atoms with E-state index in [-0.39, 0.29) is 0 Å². The molecule has 0 bridgehead atoms. The fraction of sp³-hybridized carbons (Fsp3) is 0.947. The smallest absolute Gasteiger partial charge is 0.420 e. The molecule has 5 atom stereocenters. The average Bonchev–Trinajstić information content (AvgIpc) is 2.65. The molecule has 0 saturated carbocycles. The second-order valence-electron chi connectivity index (χ2n) is 6.33. The Balaban J connectivity index is 4.78. The number of alkyl carbamates (subject to hydrolysis) is 1. The second kappa shape index (κ2) is 15.9. The van der Waals surface area contributed by atoms with Crippen LogP contribution in [0.2, 0.25) is 0 Å². The topological polar surface area (TPSA) is 103 Å². The lowest BCUT2D eigenvalue weighted by molar-refractivity contribution is -0.297. The van der Waals surface area contributed by atoms with E-state index in [4.69, 9.17) is 37.0 Å². The van der Waals surface area contributed by atoms with Crippen molar-refractivity contribution in [2.24, 2.45) is 0 Å².